The monoisotopic (exact) mass is 394 g/mol. The Bertz CT molecular complexity index is 1000. The zero-order valence-electron chi connectivity index (χ0n) is 14.1. The van der Waals surface area contributed by atoms with Gasteiger partial charge in [0.2, 0.25) is 0 Å². The Balaban J connectivity index is 2.02. The van der Waals surface area contributed by atoms with E-state index in [9.17, 15) is 24.5 Å². The number of nitrogens with zero attached hydrogens (tertiary/aromatic N) is 3. The van der Waals surface area contributed by atoms with Crippen molar-refractivity contribution in [1.82, 2.24) is 20.6 Å². The number of nitrogens with one attached hydrogen (secondary N) is 3. The first-order chi connectivity index (χ1) is 12.8. The van der Waals surface area contributed by atoms with Crippen molar-refractivity contribution in [3.8, 4) is 5.75 Å². The number of ether oxygens (including phenoxy) is 1. The summed E-state index contributed by atoms with van der Waals surface area (Å²) in [6.45, 7) is 1.51. The fourth-order valence-electron chi connectivity index (χ4n) is 1.83. The normalized spacial score (nSPS) is 11.9. The molecule has 0 spiro atoms. The third-order valence-electron chi connectivity index (χ3n) is 3.13. The van der Waals surface area contributed by atoms with E-state index in [-0.39, 0.29) is 16.5 Å². The Morgan fingerprint density at radius 2 is 2.22 bits per heavy atom. The lowest BCUT2D eigenvalue weighted by Crippen LogP contribution is -2.30. The number of carbonyl (C=O) groups excluding carboxylic acids is 1. The number of H-pyrrole nitrogens is 2. The molecular weight excluding hydrogens is 380 g/mol. The Morgan fingerprint density at radius 3 is 2.85 bits per heavy atom. The van der Waals surface area contributed by atoms with Gasteiger partial charge in [-0.05, 0) is 19.1 Å². The van der Waals surface area contributed by atoms with Crippen molar-refractivity contribution in [2.24, 2.45) is 5.10 Å². The van der Waals surface area contributed by atoms with Gasteiger partial charge in [0.05, 0.1) is 23.5 Å². The number of hydrogen-bond acceptors (Lipinski definition) is 9. The summed E-state index contributed by atoms with van der Waals surface area (Å²) >= 11 is 0.828. The number of methoxy groups -OCH3 is 1. The molecule has 0 saturated heterocycles. The van der Waals surface area contributed by atoms with Crippen LogP contribution in [0.2, 0.25) is 0 Å². The molecule has 1 aromatic carbocycles. The lowest BCUT2D eigenvalue weighted by molar-refractivity contribution is -0.385. The Hall–Kier alpha value is -3.48. The fraction of sp³-hybridized carbons (Fsp3) is 0.214. The average Bonchev–Trinajstić information content (AvgIpc) is 2.63. The molecule has 2 aromatic rings. The second-order valence-electron chi connectivity index (χ2n) is 4.99. The minimum Gasteiger partial charge on any atom is -0.490 e. The largest absolute Gasteiger partial charge is 0.490 e. The van der Waals surface area contributed by atoms with E-state index in [4.69, 9.17) is 4.74 Å². The topological polar surface area (TPSA) is 172 Å². The van der Waals surface area contributed by atoms with Gasteiger partial charge in [0, 0.05) is 11.6 Å². The zero-order chi connectivity index (χ0) is 20.0. The van der Waals surface area contributed by atoms with E-state index in [1.54, 1.807) is 0 Å². The summed E-state index contributed by atoms with van der Waals surface area (Å²) in [5.74, 6) is -0.434. The van der Waals surface area contributed by atoms with E-state index in [0.29, 0.717) is 5.56 Å². The molecule has 0 fully saturated rings. The molecule has 2 rings (SSSR count). The van der Waals surface area contributed by atoms with Gasteiger partial charge in [-0.2, -0.15) is 10.2 Å². The Kier molecular flexibility index (Phi) is 6.43. The fourth-order valence-corrected chi connectivity index (χ4v) is 2.58. The minimum absolute atomic E-state index is 0.0768. The zero-order valence-corrected chi connectivity index (χ0v) is 14.9. The number of rotatable bonds is 7. The molecule has 0 radical (unpaired) electrons. The van der Waals surface area contributed by atoms with Gasteiger partial charge in [-0.15, -0.1) is 0 Å². The molecule has 0 aliphatic heterocycles. The smallest absolute Gasteiger partial charge is 0.342 e. The number of aromatic amines is 2. The van der Waals surface area contributed by atoms with Crippen LogP contribution < -0.4 is 21.4 Å². The Morgan fingerprint density at radius 1 is 1.48 bits per heavy atom. The molecule has 0 bridgehead atoms. The van der Waals surface area contributed by atoms with Gasteiger partial charge >= 0.3 is 11.4 Å². The summed E-state index contributed by atoms with van der Waals surface area (Å²) in [5.41, 5.74) is 0.936. The number of nitro benzene ring substituents is 1. The number of thioether (sulfide) groups is 1. The van der Waals surface area contributed by atoms with E-state index in [2.05, 4.69) is 20.7 Å². The summed E-state index contributed by atoms with van der Waals surface area (Å²) in [5, 5.41) is 19.5. The predicted octanol–water partition coefficient (Wildman–Crippen LogP) is 0.00590. The summed E-state index contributed by atoms with van der Waals surface area (Å²) in [6.07, 6.45) is 1.23. The lowest BCUT2D eigenvalue weighted by Gasteiger charge is -2.07. The first-order valence-electron chi connectivity index (χ1n) is 7.33. The predicted molar refractivity (Wildman–Crippen MR) is 96.2 cm³/mol. The molecule has 13 heteroatoms. The standard InChI is InChI=1S/C14H14N6O6S/c1-7(27-13-12(22)16-14(23)19-18-13)11(21)17-15-6-8-3-4-10(26-2)9(5-8)20(24)25/h3-7H,1-2H3,(H,17,21)(H2,16,19,22,23)/b15-6+. The van der Waals surface area contributed by atoms with Crippen molar-refractivity contribution in [1.29, 1.82) is 0 Å². The van der Waals surface area contributed by atoms with E-state index in [1.165, 1.54) is 38.4 Å². The molecule has 1 heterocycles. The molecule has 3 N–H and O–H groups in total. The number of amides is 1. The highest BCUT2D eigenvalue weighted by molar-refractivity contribution is 8.00. The molecule has 142 valence electrons. The quantitative estimate of drug-likeness (QED) is 0.255. The number of aromatic nitrogens is 3. The summed E-state index contributed by atoms with van der Waals surface area (Å²) in [4.78, 5) is 46.8. The van der Waals surface area contributed by atoms with Crippen LogP contribution in [0.15, 0.2) is 37.9 Å². The van der Waals surface area contributed by atoms with Gasteiger partial charge in [0.25, 0.3) is 11.5 Å². The summed E-state index contributed by atoms with van der Waals surface area (Å²) in [7, 11) is 1.32. The van der Waals surface area contributed by atoms with Crippen LogP contribution in [-0.4, -0.2) is 44.6 Å². The first-order valence-corrected chi connectivity index (χ1v) is 8.20. The second kappa shape index (κ2) is 8.75. The van der Waals surface area contributed by atoms with Gasteiger partial charge in [-0.25, -0.2) is 15.3 Å². The van der Waals surface area contributed by atoms with Crippen molar-refractivity contribution < 1.29 is 14.5 Å². The molecule has 0 aliphatic rings. The molecule has 1 atom stereocenters. The van der Waals surface area contributed by atoms with Crippen molar-refractivity contribution in [2.75, 3.05) is 7.11 Å². The van der Waals surface area contributed by atoms with E-state index in [0.717, 1.165) is 11.8 Å². The highest BCUT2D eigenvalue weighted by Gasteiger charge is 2.17. The molecule has 1 amide bonds. The maximum atomic E-state index is 12.0. The lowest BCUT2D eigenvalue weighted by atomic mass is 10.2. The summed E-state index contributed by atoms with van der Waals surface area (Å²) < 4.78 is 4.89. The molecule has 0 saturated carbocycles. The van der Waals surface area contributed by atoms with Crippen LogP contribution in [0.4, 0.5) is 5.69 Å². The first kappa shape index (κ1) is 19.8. The van der Waals surface area contributed by atoms with Gasteiger partial charge < -0.3 is 4.74 Å². The number of nitro groups is 1. The Labute approximate surface area is 155 Å². The molecule has 1 aromatic heterocycles. The highest BCUT2D eigenvalue weighted by atomic mass is 32.2. The van der Waals surface area contributed by atoms with Crippen LogP contribution >= 0.6 is 11.8 Å². The van der Waals surface area contributed by atoms with Gasteiger partial charge in [0.1, 0.15) is 0 Å². The third kappa shape index (κ3) is 5.24. The third-order valence-corrected chi connectivity index (χ3v) is 4.19. The van der Waals surface area contributed by atoms with Crippen LogP contribution in [0.3, 0.4) is 0 Å². The molecule has 27 heavy (non-hydrogen) atoms. The molecule has 12 nitrogen and oxygen atoms in total. The maximum Gasteiger partial charge on any atom is 0.342 e. The van der Waals surface area contributed by atoms with Crippen LogP contribution in [0.5, 0.6) is 5.75 Å². The average molecular weight is 394 g/mol. The number of carbonyl (C=O) groups is 1. The van der Waals surface area contributed by atoms with Crippen LogP contribution in [0.1, 0.15) is 12.5 Å². The van der Waals surface area contributed by atoms with Crippen molar-refractivity contribution in [3.63, 3.8) is 0 Å². The maximum absolute atomic E-state index is 12.0. The number of benzene rings is 1. The molecule has 1 unspecified atom stereocenters. The van der Waals surface area contributed by atoms with Gasteiger partial charge in [-0.3, -0.25) is 24.7 Å². The van der Waals surface area contributed by atoms with E-state index >= 15 is 0 Å². The molecular formula is C14H14N6O6S. The molecule has 0 aliphatic carbocycles. The second-order valence-corrected chi connectivity index (χ2v) is 6.32. The van der Waals surface area contributed by atoms with Crippen molar-refractivity contribution in [2.45, 2.75) is 17.2 Å². The summed E-state index contributed by atoms with van der Waals surface area (Å²) in [6, 6.07) is 4.19. The highest BCUT2D eigenvalue weighted by Crippen LogP contribution is 2.26. The van der Waals surface area contributed by atoms with Crippen LogP contribution in [-0.2, 0) is 4.79 Å². The number of hydrazone groups is 1. The van der Waals surface area contributed by atoms with Crippen molar-refractivity contribution in [3.05, 3.63) is 54.7 Å². The SMILES string of the molecule is COc1ccc(/C=N/NC(=O)C(C)Sc2n[nH]c(=O)[nH]c2=O)cc1[N+](=O)[O-]. The number of hydrogen-bond donors (Lipinski definition) is 3. The van der Waals surface area contributed by atoms with Crippen LogP contribution in [0.25, 0.3) is 0 Å². The van der Waals surface area contributed by atoms with E-state index in [1.807, 2.05) is 4.98 Å². The van der Waals surface area contributed by atoms with E-state index < -0.39 is 27.3 Å². The van der Waals surface area contributed by atoms with Crippen LogP contribution in [0, 0.1) is 10.1 Å². The van der Waals surface area contributed by atoms with Crippen molar-refractivity contribution >= 4 is 29.6 Å². The van der Waals surface area contributed by atoms with Gasteiger partial charge in [0.15, 0.2) is 10.8 Å². The minimum atomic E-state index is -0.750. The van der Waals surface area contributed by atoms with Gasteiger partial charge in [-0.1, -0.05) is 11.8 Å².